The van der Waals surface area contributed by atoms with E-state index in [0.29, 0.717) is 5.69 Å². The molecule has 0 spiro atoms. The van der Waals surface area contributed by atoms with Gasteiger partial charge in [-0.2, -0.15) is 5.10 Å². The topological polar surface area (TPSA) is 55.2 Å². The molecule has 6 heteroatoms. The zero-order valence-electron chi connectivity index (χ0n) is 13.4. The minimum absolute atomic E-state index is 0.000671. The Kier molecular flexibility index (Phi) is 5.45. The highest BCUT2D eigenvalue weighted by molar-refractivity contribution is 9.10. The van der Waals surface area contributed by atoms with Crippen molar-refractivity contribution < 1.29 is 4.79 Å². The largest absolute Gasteiger partial charge is 0.341 e. The highest BCUT2D eigenvalue weighted by Gasteiger charge is 2.17. The van der Waals surface area contributed by atoms with Gasteiger partial charge in [-0.3, -0.25) is 9.59 Å². The summed E-state index contributed by atoms with van der Waals surface area (Å²) in [6.45, 7) is 1.55. The van der Waals surface area contributed by atoms with Crippen LogP contribution in [0, 0.1) is 0 Å². The molecule has 1 saturated heterocycles. The molecule has 2 aromatic rings. The third kappa shape index (κ3) is 4.12. The van der Waals surface area contributed by atoms with Gasteiger partial charge in [0.05, 0.1) is 5.69 Å². The van der Waals surface area contributed by atoms with Crippen molar-refractivity contribution in [1.82, 2.24) is 14.7 Å². The first-order valence-electron chi connectivity index (χ1n) is 8.25. The molecule has 1 aliphatic heterocycles. The number of nitrogens with zero attached hydrogens (tertiary/aromatic N) is 3. The van der Waals surface area contributed by atoms with Gasteiger partial charge in [-0.15, -0.1) is 0 Å². The number of hydrogen-bond acceptors (Lipinski definition) is 3. The molecule has 0 unspecified atom stereocenters. The second-order valence-electron chi connectivity index (χ2n) is 6.02. The van der Waals surface area contributed by atoms with Gasteiger partial charge in [0.1, 0.15) is 6.54 Å². The minimum Gasteiger partial charge on any atom is -0.341 e. The fraction of sp³-hybridized carbons (Fsp3) is 0.389. The second-order valence-corrected chi connectivity index (χ2v) is 6.94. The Balaban J connectivity index is 1.81. The van der Waals surface area contributed by atoms with Gasteiger partial charge >= 0.3 is 0 Å². The first kappa shape index (κ1) is 16.9. The molecular weight excluding hydrogens is 370 g/mol. The monoisotopic (exact) mass is 389 g/mol. The van der Waals surface area contributed by atoms with Crippen molar-refractivity contribution in [2.24, 2.45) is 0 Å². The Hall–Kier alpha value is -1.95. The number of halogens is 1. The van der Waals surface area contributed by atoms with Crippen LogP contribution in [0.2, 0.25) is 0 Å². The average Bonchev–Trinajstić information content (AvgIpc) is 2.86. The van der Waals surface area contributed by atoms with Gasteiger partial charge in [-0.1, -0.05) is 40.9 Å². The number of rotatable bonds is 3. The predicted molar refractivity (Wildman–Crippen MR) is 96.7 cm³/mol. The van der Waals surface area contributed by atoms with Crippen LogP contribution >= 0.6 is 15.9 Å². The molecule has 0 atom stereocenters. The zero-order valence-corrected chi connectivity index (χ0v) is 15.0. The lowest BCUT2D eigenvalue weighted by Crippen LogP contribution is -2.37. The first-order valence-corrected chi connectivity index (χ1v) is 9.05. The maximum atomic E-state index is 12.5. The van der Waals surface area contributed by atoms with Crippen LogP contribution in [0.15, 0.2) is 45.7 Å². The zero-order chi connectivity index (χ0) is 16.9. The molecule has 0 radical (unpaired) electrons. The van der Waals surface area contributed by atoms with Crippen LogP contribution in [0.25, 0.3) is 11.3 Å². The lowest BCUT2D eigenvalue weighted by Gasteiger charge is -2.20. The van der Waals surface area contributed by atoms with Crippen LogP contribution in [0.1, 0.15) is 25.7 Å². The molecule has 1 aromatic carbocycles. The molecule has 1 amide bonds. The summed E-state index contributed by atoms with van der Waals surface area (Å²) in [6, 6.07) is 10.9. The van der Waals surface area contributed by atoms with Gasteiger partial charge in [0, 0.05) is 29.2 Å². The molecule has 0 bridgehead atoms. The van der Waals surface area contributed by atoms with Gasteiger partial charge in [-0.05, 0) is 31.0 Å². The van der Waals surface area contributed by atoms with Crippen LogP contribution in [-0.2, 0) is 11.3 Å². The predicted octanol–water partition coefficient (Wildman–Crippen LogP) is 3.08. The van der Waals surface area contributed by atoms with E-state index in [2.05, 4.69) is 21.0 Å². The van der Waals surface area contributed by atoms with Gasteiger partial charge in [0.15, 0.2) is 0 Å². The summed E-state index contributed by atoms with van der Waals surface area (Å²) in [5.74, 6) is -0.0297. The van der Waals surface area contributed by atoms with Crippen molar-refractivity contribution in [3.63, 3.8) is 0 Å². The smallest absolute Gasteiger partial charge is 0.267 e. The Morgan fingerprint density at radius 1 is 1.08 bits per heavy atom. The molecule has 3 rings (SSSR count). The molecule has 1 aliphatic rings. The molecule has 1 aromatic heterocycles. The molecule has 5 nitrogen and oxygen atoms in total. The Bertz CT molecular complexity index is 780. The van der Waals surface area contributed by atoms with E-state index in [1.807, 2.05) is 29.2 Å². The molecule has 24 heavy (non-hydrogen) atoms. The second kappa shape index (κ2) is 7.75. The summed E-state index contributed by atoms with van der Waals surface area (Å²) in [4.78, 5) is 26.4. The van der Waals surface area contributed by atoms with E-state index in [1.54, 1.807) is 6.07 Å². The van der Waals surface area contributed by atoms with Crippen molar-refractivity contribution in [1.29, 1.82) is 0 Å². The molecule has 0 saturated carbocycles. The Morgan fingerprint density at radius 2 is 1.83 bits per heavy atom. The maximum absolute atomic E-state index is 12.5. The van der Waals surface area contributed by atoms with E-state index in [9.17, 15) is 9.59 Å². The lowest BCUT2D eigenvalue weighted by molar-refractivity contribution is -0.132. The standard InChI is InChI=1S/C18H20BrN3O2/c19-15-7-5-6-14(12-15)16-8-9-17(23)22(20-16)13-18(24)21-10-3-1-2-4-11-21/h5-9,12H,1-4,10-11,13H2. The van der Waals surface area contributed by atoms with Gasteiger partial charge in [-0.25, -0.2) is 4.68 Å². The van der Waals surface area contributed by atoms with Gasteiger partial charge in [0.25, 0.3) is 5.56 Å². The van der Waals surface area contributed by atoms with E-state index in [0.717, 1.165) is 36.0 Å². The molecule has 2 heterocycles. The van der Waals surface area contributed by atoms with Gasteiger partial charge in [0.2, 0.25) is 5.91 Å². The van der Waals surface area contributed by atoms with Crippen LogP contribution in [-0.4, -0.2) is 33.7 Å². The fourth-order valence-corrected chi connectivity index (χ4v) is 3.31. The SMILES string of the molecule is O=C(Cn1nc(-c2cccc(Br)c2)ccc1=O)N1CCCCCC1. The van der Waals surface area contributed by atoms with E-state index in [-0.39, 0.29) is 18.0 Å². The number of benzene rings is 1. The summed E-state index contributed by atoms with van der Waals surface area (Å²) in [6.07, 6.45) is 4.40. The fourth-order valence-electron chi connectivity index (χ4n) is 2.91. The normalized spacial score (nSPS) is 15.1. The van der Waals surface area contributed by atoms with Gasteiger partial charge < -0.3 is 4.90 Å². The summed E-state index contributed by atoms with van der Waals surface area (Å²) >= 11 is 3.44. The van der Waals surface area contributed by atoms with Crippen molar-refractivity contribution in [3.05, 3.63) is 51.2 Å². The highest BCUT2D eigenvalue weighted by atomic mass is 79.9. The minimum atomic E-state index is -0.253. The van der Waals surface area contributed by atoms with Crippen molar-refractivity contribution in [2.45, 2.75) is 32.2 Å². The third-order valence-electron chi connectivity index (χ3n) is 4.23. The van der Waals surface area contributed by atoms with Crippen LogP contribution in [0.3, 0.4) is 0 Å². The summed E-state index contributed by atoms with van der Waals surface area (Å²) < 4.78 is 2.21. The molecule has 0 aliphatic carbocycles. The Morgan fingerprint density at radius 3 is 2.54 bits per heavy atom. The van der Waals surface area contributed by atoms with Crippen molar-refractivity contribution >= 4 is 21.8 Å². The number of amides is 1. The third-order valence-corrected chi connectivity index (χ3v) is 4.72. The van der Waals surface area contributed by atoms with Crippen molar-refractivity contribution in [3.8, 4) is 11.3 Å². The van der Waals surface area contributed by atoms with Crippen molar-refractivity contribution in [2.75, 3.05) is 13.1 Å². The summed E-state index contributed by atoms with van der Waals surface area (Å²) in [7, 11) is 0. The van der Waals surface area contributed by atoms with Crippen LogP contribution in [0.4, 0.5) is 0 Å². The number of aromatic nitrogens is 2. The highest BCUT2D eigenvalue weighted by Crippen LogP contribution is 2.20. The molecule has 0 N–H and O–H groups in total. The maximum Gasteiger partial charge on any atom is 0.267 e. The van der Waals surface area contributed by atoms with E-state index in [4.69, 9.17) is 0 Å². The van der Waals surface area contributed by atoms with E-state index >= 15 is 0 Å². The molecule has 1 fully saturated rings. The summed E-state index contributed by atoms with van der Waals surface area (Å²) in [5.41, 5.74) is 1.33. The lowest BCUT2D eigenvalue weighted by atomic mass is 10.1. The summed E-state index contributed by atoms with van der Waals surface area (Å²) in [5, 5.41) is 4.38. The molecule has 126 valence electrons. The average molecular weight is 390 g/mol. The first-order chi connectivity index (χ1) is 11.6. The molecular formula is C18H20BrN3O2. The number of carbonyl (C=O) groups excluding carboxylic acids is 1. The quantitative estimate of drug-likeness (QED) is 0.810. The number of hydrogen-bond donors (Lipinski definition) is 0. The Labute approximate surface area is 149 Å². The number of carbonyl (C=O) groups is 1. The van der Waals surface area contributed by atoms with E-state index < -0.39 is 0 Å². The van der Waals surface area contributed by atoms with E-state index in [1.165, 1.54) is 23.6 Å². The van der Waals surface area contributed by atoms with Crippen LogP contribution < -0.4 is 5.56 Å². The van der Waals surface area contributed by atoms with Crippen LogP contribution in [0.5, 0.6) is 0 Å². The number of likely N-dealkylation sites (tertiary alicyclic amines) is 1.